The molecule has 0 aromatic heterocycles. The van der Waals surface area contributed by atoms with Crippen LogP contribution < -0.4 is 0 Å². The lowest BCUT2D eigenvalue weighted by Crippen LogP contribution is -2.43. The second-order valence-electron chi connectivity index (χ2n) is 9.06. The van der Waals surface area contributed by atoms with E-state index in [1.165, 1.54) is 7.11 Å². The molecule has 0 radical (unpaired) electrons. The molecule has 38 heavy (non-hydrogen) atoms. The number of benzene rings is 3. The summed E-state index contributed by atoms with van der Waals surface area (Å²) in [7, 11) is 1.33. The van der Waals surface area contributed by atoms with Gasteiger partial charge in [0.05, 0.1) is 25.9 Å². The van der Waals surface area contributed by atoms with Crippen LogP contribution in [0.3, 0.4) is 0 Å². The molecule has 0 N–H and O–H groups in total. The van der Waals surface area contributed by atoms with Crippen LogP contribution in [0, 0.1) is 24.2 Å². The van der Waals surface area contributed by atoms with Gasteiger partial charge in [0.2, 0.25) is 0 Å². The molecule has 1 aliphatic rings. The lowest BCUT2D eigenvalue weighted by Gasteiger charge is -2.24. The Kier molecular flexibility index (Phi) is 7.97. The lowest BCUT2D eigenvalue weighted by atomic mass is 9.84. The van der Waals surface area contributed by atoms with E-state index in [2.05, 4.69) is 11.8 Å². The third kappa shape index (κ3) is 4.80. The van der Waals surface area contributed by atoms with Crippen LogP contribution in [0.1, 0.15) is 52.0 Å². The highest BCUT2D eigenvalue weighted by atomic mass is 16.6. The number of carbonyl (C=O) groups is 3. The molecule has 4 rings (SSSR count). The van der Waals surface area contributed by atoms with Crippen molar-refractivity contribution in [3.8, 4) is 23.0 Å². The van der Waals surface area contributed by atoms with Gasteiger partial charge in [-0.15, -0.1) is 0 Å². The maximum atomic E-state index is 13.3. The molecule has 194 valence electrons. The third-order valence-corrected chi connectivity index (χ3v) is 6.84. The molecule has 6 heteroatoms. The highest BCUT2D eigenvalue weighted by molar-refractivity contribution is 6.05. The third-order valence-electron chi connectivity index (χ3n) is 6.84. The Hall–Kier alpha value is -4.37. The van der Waals surface area contributed by atoms with Crippen molar-refractivity contribution in [3.05, 3.63) is 94.0 Å². The number of hydrogen-bond acceptors (Lipinski definition) is 6. The summed E-state index contributed by atoms with van der Waals surface area (Å²) in [6, 6.07) is 19.0. The molecule has 0 unspecified atom stereocenters. The Bertz CT molecular complexity index is 1410. The molecule has 1 aliphatic carbocycles. The summed E-state index contributed by atoms with van der Waals surface area (Å²) in [6.45, 7) is 5.46. The number of esters is 3. The molecule has 0 atom stereocenters. The molecule has 3 aromatic carbocycles. The maximum Gasteiger partial charge on any atom is 0.338 e. The SMILES string of the molecule is CCOC(=O)C1(C(=O)OCC)Cc2c(C)c(C(=O)OC)c(-c3ccccc3)c(C#Cc3ccccc3)c2C1. The molecule has 0 bridgehead atoms. The van der Waals surface area contributed by atoms with Crippen molar-refractivity contribution in [1.29, 1.82) is 0 Å². The Morgan fingerprint density at radius 2 is 1.37 bits per heavy atom. The van der Waals surface area contributed by atoms with Crippen LogP contribution >= 0.6 is 0 Å². The van der Waals surface area contributed by atoms with Crippen LogP contribution in [-0.4, -0.2) is 38.2 Å². The van der Waals surface area contributed by atoms with Gasteiger partial charge in [-0.05, 0) is 55.2 Å². The van der Waals surface area contributed by atoms with Gasteiger partial charge in [-0.1, -0.05) is 60.4 Å². The van der Waals surface area contributed by atoms with E-state index >= 15 is 0 Å². The fourth-order valence-electron chi connectivity index (χ4n) is 5.05. The lowest BCUT2D eigenvalue weighted by molar-refractivity contribution is -0.171. The summed E-state index contributed by atoms with van der Waals surface area (Å²) in [4.78, 5) is 39.9. The molecule has 0 spiro atoms. The summed E-state index contributed by atoms with van der Waals surface area (Å²) in [5, 5.41) is 0. The average Bonchev–Trinajstić information content (AvgIpc) is 3.36. The highest BCUT2D eigenvalue weighted by Gasteiger charge is 2.54. The van der Waals surface area contributed by atoms with Crippen LogP contribution in [0.5, 0.6) is 0 Å². The Labute approximate surface area is 222 Å². The fourth-order valence-corrected chi connectivity index (χ4v) is 5.05. The fraction of sp³-hybridized carbons (Fsp3) is 0.281. The van der Waals surface area contributed by atoms with Gasteiger partial charge < -0.3 is 14.2 Å². The first-order valence-electron chi connectivity index (χ1n) is 12.6. The number of methoxy groups -OCH3 is 1. The van der Waals surface area contributed by atoms with E-state index in [-0.39, 0.29) is 26.1 Å². The van der Waals surface area contributed by atoms with Gasteiger partial charge in [0.1, 0.15) is 0 Å². The van der Waals surface area contributed by atoms with Crippen molar-refractivity contribution in [2.24, 2.45) is 5.41 Å². The van der Waals surface area contributed by atoms with Crippen LogP contribution in [-0.2, 0) is 36.6 Å². The number of ether oxygens (including phenoxy) is 3. The smallest absolute Gasteiger partial charge is 0.338 e. The predicted molar refractivity (Wildman–Crippen MR) is 143 cm³/mol. The van der Waals surface area contributed by atoms with Crippen molar-refractivity contribution in [2.45, 2.75) is 33.6 Å². The molecular weight excluding hydrogens is 480 g/mol. The summed E-state index contributed by atoms with van der Waals surface area (Å²) >= 11 is 0. The van der Waals surface area contributed by atoms with Gasteiger partial charge >= 0.3 is 17.9 Å². The van der Waals surface area contributed by atoms with Crippen molar-refractivity contribution in [1.82, 2.24) is 0 Å². The first-order chi connectivity index (χ1) is 18.4. The van der Waals surface area contributed by atoms with Crippen molar-refractivity contribution >= 4 is 17.9 Å². The number of rotatable bonds is 6. The van der Waals surface area contributed by atoms with Crippen LogP contribution in [0.2, 0.25) is 0 Å². The van der Waals surface area contributed by atoms with Crippen molar-refractivity contribution in [2.75, 3.05) is 20.3 Å². The minimum absolute atomic E-state index is 0.0465. The van der Waals surface area contributed by atoms with E-state index in [1.54, 1.807) is 13.8 Å². The minimum atomic E-state index is -1.56. The van der Waals surface area contributed by atoms with Gasteiger partial charge in [-0.3, -0.25) is 9.59 Å². The Morgan fingerprint density at radius 1 is 0.816 bits per heavy atom. The van der Waals surface area contributed by atoms with Gasteiger partial charge in [0.15, 0.2) is 5.41 Å². The Morgan fingerprint density at radius 3 is 1.92 bits per heavy atom. The molecule has 0 amide bonds. The largest absolute Gasteiger partial charge is 0.465 e. The first kappa shape index (κ1) is 26.7. The van der Waals surface area contributed by atoms with Crippen molar-refractivity contribution in [3.63, 3.8) is 0 Å². The quantitative estimate of drug-likeness (QED) is 0.200. The number of fused-ring (bicyclic) bond motifs is 1. The first-order valence-corrected chi connectivity index (χ1v) is 12.6. The van der Waals surface area contributed by atoms with E-state index in [0.717, 1.165) is 16.7 Å². The second kappa shape index (κ2) is 11.4. The molecule has 6 nitrogen and oxygen atoms in total. The van der Waals surface area contributed by atoms with Gasteiger partial charge in [-0.25, -0.2) is 4.79 Å². The summed E-state index contributed by atoms with van der Waals surface area (Å²) < 4.78 is 16.0. The number of hydrogen-bond donors (Lipinski definition) is 0. The van der Waals surface area contributed by atoms with E-state index in [4.69, 9.17) is 14.2 Å². The maximum absolute atomic E-state index is 13.3. The monoisotopic (exact) mass is 510 g/mol. The van der Waals surface area contributed by atoms with Gasteiger partial charge in [0, 0.05) is 29.5 Å². The molecule has 0 heterocycles. The zero-order chi connectivity index (χ0) is 27.3. The highest BCUT2D eigenvalue weighted by Crippen LogP contribution is 2.46. The summed E-state index contributed by atoms with van der Waals surface area (Å²) in [5.41, 5.74) is 3.65. The minimum Gasteiger partial charge on any atom is -0.465 e. The van der Waals surface area contributed by atoms with Crippen LogP contribution in [0.4, 0.5) is 0 Å². The second-order valence-corrected chi connectivity index (χ2v) is 9.06. The van der Waals surface area contributed by atoms with E-state index in [1.807, 2.05) is 67.6 Å². The van der Waals surface area contributed by atoms with Gasteiger partial charge in [0.25, 0.3) is 0 Å². The molecule has 0 saturated carbocycles. The summed E-state index contributed by atoms with van der Waals surface area (Å²) in [5.74, 6) is 4.70. The zero-order valence-corrected chi connectivity index (χ0v) is 22.1. The van der Waals surface area contributed by atoms with Crippen molar-refractivity contribution < 1.29 is 28.6 Å². The summed E-state index contributed by atoms with van der Waals surface area (Å²) in [6.07, 6.45) is 0.103. The predicted octanol–water partition coefficient (Wildman–Crippen LogP) is 5.06. The normalized spacial score (nSPS) is 13.1. The van der Waals surface area contributed by atoms with Gasteiger partial charge in [-0.2, -0.15) is 0 Å². The van der Waals surface area contributed by atoms with E-state index < -0.39 is 23.3 Å². The molecule has 0 fully saturated rings. The van der Waals surface area contributed by atoms with Crippen LogP contribution in [0.25, 0.3) is 11.1 Å². The molecule has 3 aromatic rings. The molecular formula is C32H30O6. The number of carbonyl (C=O) groups excluding carboxylic acids is 3. The standard InChI is InChI=1S/C32H30O6/c1-5-37-30(34)32(31(35)38-6-2)19-25-21(3)27(29(33)36-4)28(23-15-11-8-12-16-23)24(26(25)20-32)18-17-22-13-9-7-10-14-22/h7-16H,5-6,19-20H2,1-4H3. The van der Waals surface area contributed by atoms with Crippen LogP contribution in [0.15, 0.2) is 60.7 Å². The Balaban J connectivity index is 2.07. The average molecular weight is 511 g/mol. The van der Waals surface area contributed by atoms with E-state index in [9.17, 15) is 14.4 Å². The topological polar surface area (TPSA) is 78.9 Å². The molecule has 0 aliphatic heterocycles. The van der Waals surface area contributed by atoms with E-state index in [0.29, 0.717) is 27.8 Å². The molecule has 0 saturated heterocycles. The zero-order valence-electron chi connectivity index (χ0n) is 22.1.